The molecular formula is C12H17NO4S. The summed E-state index contributed by atoms with van der Waals surface area (Å²) in [6.07, 6.45) is 0. The third kappa shape index (κ3) is 3.46. The highest BCUT2D eigenvalue weighted by molar-refractivity contribution is 7.90. The molecule has 0 aliphatic carbocycles. The van der Waals surface area contributed by atoms with Crippen LogP contribution in [0.1, 0.15) is 20.8 Å². The molecule has 0 saturated heterocycles. The first kappa shape index (κ1) is 14.5. The average molecular weight is 271 g/mol. The van der Waals surface area contributed by atoms with E-state index in [-0.39, 0.29) is 4.90 Å². The van der Waals surface area contributed by atoms with Gasteiger partial charge in [-0.15, -0.1) is 0 Å². The topological polar surface area (TPSA) is 72.5 Å². The fraction of sp³-hybridized carbons (Fsp3) is 0.417. The fourth-order valence-corrected chi connectivity index (χ4v) is 2.25. The minimum atomic E-state index is -3.82. The lowest BCUT2D eigenvalue weighted by Crippen LogP contribution is -2.38. The molecule has 0 fully saturated rings. The van der Waals surface area contributed by atoms with Crippen molar-refractivity contribution in [2.75, 3.05) is 7.11 Å². The van der Waals surface area contributed by atoms with Crippen molar-refractivity contribution < 1.29 is 17.9 Å². The summed E-state index contributed by atoms with van der Waals surface area (Å²) in [5.41, 5.74) is -0.764. The van der Waals surface area contributed by atoms with Crippen LogP contribution in [0.5, 0.6) is 5.75 Å². The van der Waals surface area contributed by atoms with Crippen molar-refractivity contribution in [1.82, 2.24) is 4.72 Å². The minimum Gasteiger partial charge on any atom is -0.497 e. The van der Waals surface area contributed by atoms with Crippen molar-refractivity contribution in [1.29, 1.82) is 0 Å². The summed E-state index contributed by atoms with van der Waals surface area (Å²) in [6.45, 7) is 4.93. The molecule has 0 aromatic heterocycles. The summed E-state index contributed by atoms with van der Waals surface area (Å²) in [4.78, 5) is 11.7. The smallest absolute Gasteiger partial charge is 0.264 e. The number of amides is 1. The molecule has 0 heterocycles. The van der Waals surface area contributed by atoms with Gasteiger partial charge in [-0.1, -0.05) is 20.8 Å². The molecule has 0 unspecified atom stereocenters. The maximum Gasteiger partial charge on any atom is 0.264 e. The zero-order valence-corrected chi connectivity index (χ0v) is 11.7. The Bertz CT molecular complexity index is 526. The van der Waals surface area contributed by atoms with E-state index in [0.717, 1.165) is 0 Å². The zero-order valence-electron chi connectivity index (χ0n) is 10.9. The van der Waals surface area contributed by atoms with Crippen LogP contribution in [-0.4, -0.2) is 21.4 Å². The van der Waals surface area contributed by atoms with Gasteiger partial charge in [-0.2, -0.15) is 0 Å². The Hall–Kier alpha value is -1.56. The monoisotopic (exact) mass is 271 g/mol. The van der Waals surface area contributed by atoms with Gasteiger partial charge in [-0.05, 0) is 24.3 Å². The van der Waals surface area contributed by atoms with E-state index in [2.05, 4.69) is 0 Å². The Balaban J connectivity index is 2.96. The SMILES string of the molecule is COc1ccc(S(=O)(=O)NC(=O)C(C)(C)C)cc1. The van der Waals surface area contributed by atoms with Crippen LogP contribution >= 0.6 is 0 Å². The summed E-state index contributed by atoms with van der Waals surface area (Å²) in [6, 6.07) is 5.82. The van der Waals surface area contributed by atoms with E-state index in [9.17, 15) is 13.2 Å². The summed E-state index contributed by atoms with van der Waals surface area (Å²) in [7, 11) is -2.33. The lowest BCUT2D eigenvalue weighted by molar-refractivity contribution is -0.126. The number of carbonyl (C=O) groups is 1. The molecule has 0 radical (unpaired) electrons. The zero-order chi connectivity index (χ0) is 14.0. The van der Waals surface area contributed by atoms with Gasteiger partial charge in [-0.3, -0.25) is 4.79 Å². The first-order valence-corrected chi connectivity index (χ1v) is 6.86. The molecule has 0 spiro atoms. The maximum absolute atomic E-state index is 11.9. The standard InChI is InChI=1S/C12H17NO4S/c1-12(2,3)11(14)13-18(15,16)10-7-5-9(17-4)6-8-10/h5-8H,1-4H3,(H,13,14). The molecule has 0 aliphatic heterocycles. The van der Waals surface area contributed by atoms with Gasteiger partial charge in [0.05, 0.1) is 12.0 Å². The van der Waals surface area contributed by atoms with Crippen molar-refractivity contribution in [3.8, 4) is 5.75 Å². The molecule has 0 bridgehead atoms. The molecule has 6 heteroatoms. The van der Waals surface area contributed by atoms with Crippen molar-refractivity contribution >= 4 is 15.9 Å². The molecule has 100 valence electrons. The summed E-state index contributed by atoms with van der Waals surface area (Å²) in [5.74, 6) is 0.00872. The quantitative estimate of drug-likeness (QED) is 0.905. The number of hydrogen-bond donors (Lipinski definition) is 1. The molecule has 1 amide bonds. The average Bonchev–Trinajstić information content (AvgIpc) is 2.27. The number of nitrogens with one attached hydrogen (secondary N) is 1. The maximum atomic E-state index is 11.9. The van der Waals surface area contributed by atoms with E-state index in [1.165, 1.54) is 31.4 Å². The summed E-state index contributed by atoms with van der Waals surface area (Å²) >= 11 is 0. The highest BCUT2D eigenvalue weighted by Gasteiger charge is 2.26. The third-order valence-electron chi connectivity index (χ3n) is 2.28. The number of ether oxygens (including phenoxy) is 1. The second-order valence-corrected chi connectivity index (χ2v) is 6.54. The van der Waals surface area contributed by atoms with Gasteiger partial charge in [0.15, 0.2) is 0 Å². The number of sulfonamides is 1. The molecule has 0 atom stereocenters. The lowest BCUT2D eigenvalue weighted by Gasteiger charge is -2.17. The van der Waals surface area contributed by atoms with Gasteiger partial charge in [-0.25, -0.2) is 13.1 Å². The van der Waals surface area contributed by atoms with Gasteiger partial charge >= 0.3 is 0 Å². The summed E-state index contributed by atoms with van der Waals surface area (Å²) in [5, 5.41) is 0. The highest BCUT2D eigenvalue weighted by atomic mass is 32.2. The van der Waals surface area contributed by atoms with E-state index in [1.54, 1.807) is 20.8 Å². The summed E-state index contributed by atoms with van der Waals surface area (Å²) < 4.78 is 30.8. The number of carbonyl (C=O) groups excluding carboxylic acids is 1. The Morgan fingerprint density at radius 1 is 1.17 bits per heavy atom. The molecule has 5 nitrogen and oxygen atoms in total. The van der Waals surface area contributed by atoms with Crippen LogP contribution in [0.15, 0.2) is 29.2 Å². The number of benzene rings is 1. The molecule has 1 aromatic carbocycles. The van der Waals surface area contributed by atoms with Crippen LogP contribution in [0.25, 0.3) is 0 Å². The van der Waals surface area contributed by atoms with Crippen molar-refractivity contribution in [3.05, 3.63) is 24.3 Å². The van der Waals surface area contributed by atoms with E-state index in [1.807, 2.05) is 4.72 Å². The first-order chi connectivity index (χ1) is 8.16. The fourth-order valence-electron chi connectivity index (χ4n) is 1.09. The second kappa shape index (κ2) is 4.97. The van der Waals surface area contributed by atoms with Gasteiger partial charge in [0.1, 0.15) is 5.75 Å². The van der Waals surface area contributed by atoms with E-state index < -0.39 is 21.3 Å². The Labute approximate surface area is 107 Å². The van der Waals surface area contributed by atoms with E-state index in [4.69, 9.17) is 4.74 Å². The number of methoxy groups -OCH3 is 1. The van der Waals surface area contributed by atoms with E-state index in [0.29, 0.717) is 5.75 Å². The molecule has 1 N–H and O–H groups in total. The first-order valence-electron chi connectivity index (χ1n) is 5.38. The number of rotatable bonds is 3. The van der Waals surface area contributed by atoms with Crippen LogP contribution in [0.2, 0.25) is 0 Å². The van der Waals surface area contributed by atoms with Gasteiger partial charge in [0.2, 0.25) is 5.91 Å². The molecule has 0 aliphatic rings. The van der Waals surface area contributed by atoms with Crippen LogP contribution in [0, 0.1) is 5.41 Å². The largest absolute Gasteiger partial charge is 0.497 e. The minimum absolute atomic E-state index is 0.0286. The predicted molar refractivity (Wildman–Crippen MR) is 67.8 cm³/mol. The molecule has 1 rings (SSSR count). The Morgan fingerprint density at radius 2 is 1.67 bits per heavy atom. The Kier molecular flexibility index (Phi) is 4.01. The number of hydrogen-bond acceptors (Lipinski definition) is 4. The predicted octanol–water partition coefficient (Wildman–Crippen LogP) is 1.55. The van der Waals surface area contributed by atoms with Crippen molar-refractivity contribution in [2.24, 2.45) is 5.41 Å². The van der Waals surface area contributed by atoms with E-state index >= 15 is 0 Å². The molecule has 18 heavy (non-hydrogen) atoms. The van der Waals surface area contributed by atoms with Crippen LogP contribution < -0.4 is 9.46 Å². The third-order valence-corrected chi connectivity index (χ3v) is 3.62. The molecule has 1 aromatic rings. The van der Waals surface area contributed by atoms with Crippen molar-refractivity contribution in [3.63, 3.8) is 0 Å². The van der Waals surface area contributed by atoms with Crippen molar-refractivity contribution in [2.45, 2.75) is 25.7 Å². The van der Waals surface area contributed by atoms with Gasteiger partial charge in [0, 0.05) is 5.41 Å². The van der Waals surface area contributed by atoms with Crippen LogP contribution in [0.4, 0.5) is 0 Å². The normalized spacial score (nSPS) is 12.0. The lowest BCUT2D eigenvalue weighted by atomic mass is 9.96. The van der Waals surface area contributed by atoms with Gasteiger partial charge < -0.3 is 4.74 Å². The highest BCUT2D eigenvalue weighted by Crippen LogP contribution is 2.18. The molecular weight excluding hydrogens is 254 g/mol. The molecule has 0 saturated carbocycles. The van der Waals surface area contributed by atoms with Crippen LogP contribution in [0.3, 0.4) is 0 Å². The Morgan fingerprint density at radius 3 is 2.06 bits per heavy atom. The van der Waals surface area contributed by atoms with Crippen LogP contribution in [-0.2, 0) is 14.8 Å². The second-order valence-electron chi connectivity index (χ2n) is 4.86. The van der Waals surface area contributed by atoms with Gasteiger partial charge in [0.25, 0.3) is 10.0 Å².